The zero-order valence-corrected chi connectivity index (χ0v) is 16.3. The van der Waals surface area contributed by atoms with E-state index in [9.17, 15) is 4.79 Å². The SMILES string of the molecule is CCCCCCCCCN[C@@H](C)C(=O)N(C)c1c(C)cccc1C. The Bertz CT molecular complexity index is 478. The van der Waals surface area contributed by atoms with Crippen molar-refractivity contribution in [3.05, 3.63) is 29.3 Å². The van der Waals surface area contributed by atoms with Crippen molar-refractivity contribution in [2.75, 3.05) is 18.5 Å². The Hall–Kier alpha value is -1.35. The predicted molar refractivity (Wildman–Crippen MR) is 105 cm³/mol. The lowest BCUT2D eigenvalue weighted by Gasteiger charge is -2.25. The first-order valence-electron chi connectivity index (χ1n) is 9.56. The Labute approximate surface area is 148 Å². The summed E-state index contributed by atoms with van der Waals surface area (Å²) < 4.78 is 0. The second kappa shape index (κ2) is 11.2. The summed E-state index contributed by atoms with van der Waals surface area (Å²) in [5, 5.41) is 3.38. The molecule has 0 saturated carbocycles. The molecule has 1 aromatic rings. The molecule has 1 atom stereocenters. The molecule has 1 amide bonds. The highest BCUT2D eigenvalue weighted by Crippen LogP contribution is 2.23. The first-order chi connectivity index (χ1) is 11.5. The van der Waals surface area contributed by atoms with Gasteiger partial charge in [-0.2, -0.15) is 0 Å². The fourth-order valence-electron chi connectivity index (χ4n) is 3.22. The van der Waals surface area contributed by atoms with E-state index in [0.717, 1.165) is 29.8 Å². The van der Waals surface area contributed by atoms with Gasteiger partial charge in [-0.1, -0.05) is 63.6 Å². The highest BCUT2D eigenvalue weighted by atomic mass is 16.2. The molecule has 0 spiro atoms. The van der Waals surface area contributed by atoms with Crippen molar-refractivity contribution < 1.29 is 4.79 Å². The van der Waals surface area contributed by atoms with Gasteiger partial charge in [0.1, 0.15) is 0 Å². The molecule has 0 bridgehead atoms. The van der Waals surface area contributed by atoms with Gasteiger partial charge in [0.05, 0.1) is 6.04 Å². The monoisotopic (exact) mass is 332 g/mol. The summed E-state index contributed by atoms with van der Waals surface area (Å²) in [6, 6.07) is 6.01. The van der Waals surface area contributed by atoms with Gasteiger partial charge in [-0.3, -0.25) is 4.79 Å². The number of aryl methyl sites for hydroxylation is 2. The maximum absolute atomic E-state index is 12.6. The van der Waals surface area contributed by atoms with E-state index in [2.05, 4.69) is 38.2 Å². The van der Waals surface area contributed by atoms with Crippen LogP contribution in [0.25, 0.3) is 0 Å². The van der Waals surface area contributed by atoms with Crippen molar-refractivity contribution in [2.45, 2.75) is 78.7 Å². The van der Waals surface area contributed by atoms with Gasteiger partial charge in [-0.05, 0) is 44.9 Å². The van der Waals surface area contributed by atoms with E-state index >= 15 is 0 Å². The number of carbonyl (C=O) groups excluding carboxylic acids is 1. The molecule has 0 heterocycles. The van der Waals surface area contributed by atoms with Crippen LogP contribution in [-0.4, -0.2) is 25.5 Å². The number of nitrogens with zero attached hydrogens (tertiary/aromatic N) is 1. The third-order valence-electron chi connectivity index (χ3n) is 4.71. The number of benzene rings is 1. The number of likely N-dealkylation sites (N-methyl/N-ethyl adjacent to an activating group) is 1. The second-order valence-electron chi connectivity index (χ2n) is 6.93. The van der Waals surface area contributed by atoms with Gasteiger partial charge in [-0.25, -0.2) is 0 Å². The fraction of sp³-hybridized carbons (Fsp3) is 0.667. The number of para-hydroxylation sites is 1. The average Bonchev–Trinajstić information content (AvgIpc) is 2.56. The van der Waals surface area contributed by atoms with E-state index < -0.39 is 0 Å². The van der Waals surface area contributed by atoms with Gasteiger partial charge < -0.3 is 10.2 Å². The van der Waals surface area contributed by atoms with Crippen molar-refractivity contribution >= 4 is 11.6 Å². The smallest absolute Gasteiger partial charge is 0.243 e. The average molecular weight is 333 g/mol. The van der Waals surface area contributed by atoms with Crippen LogP contribution >= 0.6 is 0 Å². The third kappa shape index (κ3) is 6.64. The molecule has 1 aromatic carbocycles. The molecule has 0 unspecified atom stereocenters. The number of nitrogens with one attached hydrogen (secondary N) is 1. The number of unbranched alkanes of at least 4 members (excludes halogenated alkanes) is 6. The number of hydrogen-bond acceptors (Lipinski definition) is 2. The summed E-state index contributed by atoms with van der Waals surface area (Å²) in [7, 11) is 1.88. The summed E-state index contributed by atoms with van der Waals surface area (Å²) in [6.45, 7) is 9.25. The van der Waals surface area contributed by atoms with Gasteiger partial charge in [0.25, 0.3) is 0 Å². The molecule has 0 aromatic heterocycles. The van der Waals surface area contributed by atoms with Gasteiger partial charge in [-0.15, -0.1) is 0 Å². The van der Waals surface area contributed by atoms with Crippen LogP contribution in [0.5, 0.6) is 0 Å². The van der Waals surface area contributed by atoms with Crippen LogP contribution in [0.1, 0.15) is 69.9 Å². The van der Waals surface area contributed by atoms with Crippen molar-refractivity contribution in [1.82, 2.24) is 5.32 Å². The Morgan fingerprint density at radius 2 is 1.58 bits per heavy atom. The quantitative estimate of drug-likeness (QED) is 0.579. The molecule has 0 aliphatic rings. The molecule has 136 valence electrons. The summed E-state index contributed by atoms with van der Waals surface area (Å²) in [4.78, 5) is 14.4. The Morgan fingerprint density at radius 1 is 1.04 bits per heavy atom. The molecular formula is C21H36N2O. The third-order valence-corrected chi connectivity index (χ3v) is 4.71. The molecule has 3 heteroatoms. The lowest BCUT2D eigenvalue weighted by Crippen LogP contribution is -2.44. The van der Waals surface area contributed by atoms with E-state index in [1.165, 1.54) is 38.5 Å². The maximum atomic E-state index is 12.6. The summed E-state index contributed by atoms with van der Waals surface area (Å²) in [6.07, 6.45) is 9.08. The normalized spacial score (nSPS) is 12.2. The molecule has 0 aliphatic heterocycles. The van der Waals surface area contributed by atoms with Crippen LogP contribution in [0, 0.1) is 13.8 Å². The van der Waals surface area contributed by atoms with Crippen LogP contribution in [0.3, 0.4) is 0 Å². The summed E-state index contributed by atoms with van der Waals surface area (Å²) in [5.74, 6) is 0.135. The van der Waals surface area contributed by atoms with E-state index in [-0.39, 0.29) is 11.9 Å². The first-order valence-corrected chi connectivity index (χ1v) is 9.56. The van der Waals surface area contributed by atoms with Crippen molar-refractivity contribution in [3.8, 4) is 0 Å². The molecule has 24 heavy (non-hydrogen) atoms. The zero-order chi connectivity index (χ0) is 17.9. The summed E-state index contributed by atoms with van der Waals surface area (Å²) >= 11 is 0. The van der Waals surface area contributed by atoms with Crippen LogP contribution in [-0.2, 0) is 4.79 Å². The summed E-state index contributed by atoms with van der Waals surface area (Å²) in [5.41, 5.74) is 3.32. The standard InChI is InChI=1S/C21H36N2O/c1-6-7-8-9-10-11-12-16-22-19(4)21(24)23(5)20-17(2)14-13-15-18(20)3/h13-15,19,22H,6-12,16H2,1-5H3/t19-/m0/s1. The molecule has 0 fully saturated rings. The minimum Gasteiger partial charge on any atom is -0.314 e. The van der Waals surface area contributed by atoms with Gasteiger partial charge >= 0.3 is 0 Å². The van der Waals surface area contributed by atoms with Gasteiger partial charge in [0, 0.05) is 12.7 Å². The Balaban J connectivity index is 2.34. The molecule has 0 saturated heterocycles. The largest absolute Gasteiger partial charge is 0.314 e. The number of rotatable bonds is 11. The number of hydrogen-bond donors (Lipinski definition) is 1. The molecular weight excluding hydrogens is 296 g/mol. The lowest BCUT2D eigenvalue weighted by atomic mass is 10.1. The number of anilines is 1. The topological polar surface area (TPSA) is 32.3 Å². The van der Waals surface area contributed by atoms with Crippen LogP contribution in [0.2, 0.25) is 0 Å². The maximum Gasteiger partial charge on any atom is 0.243 e. The first kappa shape index (κ1) is 20.7. The van der Waals surface area contributed by atoms with Crippen LogP contribution < -0.4 is 10.2 Å². The van der Waals surface area contributed by atoms with Gasteiger partial charge in [0.15, 0.2) is 0 Å². The molecule has 0 radical (unpaired) electrons. The second-order valence-corrected chi connectivity index (χ2v) is 6.93. The van der Waals surface area contributed by atoms with E-state index in [1.54, 1.807) is 4.90 Å². The minimum absolute atomic E-state index is 0.135. The van der Waals surface area contributed by atoms with E-state index in [1.807, 2.05) is 20.0 Å². The van der Waals surface area contributed by atoms with Crippen molar-refractivity contribution in [2.24, 2.45) is 0 Å². The molecule has 1 N–H and O–H groups in total. The van der Waals surface area contributed by atoms with Gasteiger partial charge in [0.2, 0.25) is 5.91 Å². The minimum atomic E-state index is -0.144. The van der Waals surface area contributed by atoms with Crippen LogP contribution in [0.15, 0.2) is 18.2 Å². The fourth-order valence-corrected chi connectivity index (χ4v) is 3.22. The lowest BCUT2D eigenvalue weighted by molar-refractivity contribution is -0.119. The number of carbonyl (C=O) groups is 1. The molecule has 0 aliphatic carbocycles. The van der Waals surface area contributed by atoms with Crippen molar-refractivity contribution in [3.63, 3.8) is 0 Å². The Kier molecular flexibility index (Phi) is 9.70. The van der Waals surface area contributed by atoms with Crippen molar-refractivity contribution in [1.29, 1.82) is 0 Å². The zero-order valence-electron chi connectivity index (χ0n) is 16.3. The van der Waals surface area contributed by atoms with E-state index in [4.69, 9.17) is 0 Å². The van der Waals surface area contributed by atoms with Crippen LogP contribution in [0.4, 0.5) is 5.69 Å². The molecule has 3 nitrogen and oxygen atoms in total. The van der Waals surface area contributed by atoms with E-state index in [0.29, 0.717) is 0 Å². The highest BCUT2D eigenvalue weighted by Gasteiger charge is 2.20. The molecule has 1 rings (SSSR count). The predicted octanol–water partition coefficient (Wildman–Crippen LogP) is 4.99. The number of amides is 1. The Morgan fingerprint density at radius 3 is 2.17 bits per heavy atom. The highest BCUT2D eigenvalue weighted by molar-refractivity contribution is 5.97.